The Balaban J connectivity index is 1.34. The predicted octanol–water partition coefficient (Wildman–Crippen LogP) is 4.29. The molecule has 3 atom stereocenters. The molecule has 2 heterocycles. The topological polar surface area (TPSA) is 52.7 Å². The Morgan fingerprint density at radius 2 is 1.91 bits per heavy atom. The van der Waals surface area contributed by atoms with E-state index in [1.807, 2.05) is 41.3 Å². The van der Waals surface area contributed by atoms with Crippen molar-refractivity contribution >= 4 is 29.7 Å². The summed E-state index contributed by atoms with van der Waals surface area (Å²) in [5.74, 6) is -0.0142. The van der Waals surface area contributed by atoms with Crippen molar-refractivity contribution in [1.82, 2.24) is 15.1 Å². The number of fused-ring (bicyclic) bond motifs is 1. The maximum Gasteiger partial charge on any atom is 0.261 e. The molecule has 0 aromatic heterocycles. The Hall–Kier alpha value is -1.79. The van der Waals surface area contributed by atoms with Crippen LogP contribution in [0.4, 0.5) is 0 Å². The molecule has 1 aromatic rings. The van der Waals surface area contributed by atoms with E-state index in [1.165, 1.54) is 32.2 Å². The summed E-state index contributed by atoms with van der Waals surface area (Å²) in [6, 6.07) is 10.8. The molecule has 1 N–H and O–H groups in total. The number of piperidine rings is 1. The second-order valence-electron chi connectivity index (χ2n) is 9.44. The standard InChI is InChI=1S/C26H37N3O2S/c1-20-10-7-8-16-28(20)17-9-15-27-25(30)19-29-22-13-5-6-14-23(22)32-24(26(29)31)18-21-11-3-2-4-12-21/h2-4,11-12,18,20,22-23H,5-10,13-17,19H2,1H3,(H,27,30)/b24-18-. The zero-order chi connectivity index (χ0) is 22.3. The lowest BCUT2D eigenvalue weighted by atomic mass is 9.93. The smallest absolute Gasteiger partial charge is 0.261 e. The van der Waals surface area contributed by atoms with E-state index in [0.717, 1.165) is 42.7 Å². The van der Waals surface area contributed by atoms with Crippen LogP contribution in [0, 0.1) is 0 Å². The molecule has 32 heavy (non-hydrogen) atoms. The largest absolute Gasteiger partial charge is 0.355 e. The van der Waals surface area contributed by atoms with Crippen LogP contribution in [0.3, 0.4) is 0 Å². The number of hydrogen-bond acceptors (Lipinski definition) is 4. The number of hydrogen-bond donors (Lipinski definition) is 1. The highest BCUT2D eigenvalue weighted by molar-refractivity contribution is 8.04. The van der Waals surface area contributed by atoms with Gasteiger partial charge in [-0.25, -0.2) is 0 Å². The zero-order valence-electron chi connectivity index (χ0n) is 19.3. The minimum Gasteiger partial charge on any atom is -0.355 e. The summed E-state index contributed by atoms with van der Waals surface area (Å²) in [6.45, 7) is 5.37. The van der Waals surface area contributed by atoms with Crippen molar-refractivity contribution < 1.29 is 9.59 Å². The van der Waals surface area contributed by atoms with Crippen LogP contribution in [-0.4, -0.2) is 65.1 Å². The van der Waals surface area contributed by atoms with Crippen molar-refractivity contribution in [3.05, 3.63) is 40.8 Å². The maximum absolute atomic E-state index is 13.3. The average molecular weight is 456 g/mol. The van der Waals surface area contributed by atoms with Gasteiger partial charge >= 0.3 is 0 Å². The van der Waals surface area contributed by atoms with Gasteiger partial charge in [-0.05, 0) is 57.2 Å². The van der Waals surface area contributed by atoms with Crippen LogP contribution in [0.25, 0.3) is 6.08 Å². The Morgan fingerprint density at radius 1 is 1.12 bits per heavy atom. The second-order valence-corrected chi connectivity index (χ2v) is 10.7. The lowest BCUT2D eigenvalue weighted by molar-refractivity contribution is -0.135. The van der Waals surface area contributed by atoms with Crippen molar-refractivity contribution in [1.29, 1.82) is 0 Å². The number of amides is 2. The van der Waals surface area contributed by atoms with Crippen LogP contribution >= 0.6 is 11.8 Å². The van der Waals surface area contributed by atoms with Crippen LogP contribution in [0.2, 0.25) is 0 Å². The summed E-state index contributed by atoms with van der Waals surface area (Å²) in [7, 11) is 0. The number of carbonyl (C=O) groups is 2. The molecule has 1 saturated carbocycles. The minimum absolute atomic E-state index is 0.0132. The Labute approximate surface area is 197 Å². The number of rotatable bonds is 7. The molecule has 174 valence electrons. The van der Waals surface area contributed by atoms with Gasteiger partial charge in [0.1, 0.15) is 6.54 Å². The average Bonchev–Trinajstić information content (AvgIpc) is 2.81. The fourth-order valence-corrected chi connectivity index (χ4v) is 6.75. The predicted molar refractivity (Wildman–Crippen MR) is 132 cm³/mol. The van der Waals surface area contributed by atoms with Gasteiger partial charge in [0, 0.05) is 30.4 Å². The summed E-state index contributed by atoms with van der Waals surface area (Å²) in [5.41, 5.74) is 1.04. The quantitative estimate of drug-likeness (QED) is 0.492. The normalized spacial score (nSPS) is 27.9. The van der Waals surface area contributed by atoms with E-state index in [1.54, 1.807) is 11.8 Å². The summed E-state index contributed by atoms with van der Waals surface area (Å²) in [5, 5.41) is 3.47. The number of likely N-dealkylation sites (tertiary alicyclic amines) is 1. The highest BCUT2D eigenvalue weighted by atomic mass is 32.2. The van der Waals surface area contributed by atoms with E-state index in [0.29, 0.717) is 17.8 Å². The van der Waals surface area contributed by atoms with Gasteiger partial charge in [0.2, 0.25) is 5.91 Å². The highest BCUT2D eigenvalue weighted by Crippen LogP contribution is 2.42. The van der Waals surface area contributed by atoms with Crippen LogP contribution in [-0.2, 0) is 9.59 Å². The van der Waals surface area contributed by atoms with Gasteiger partial charge in [-0.2, -0.15) is 0 Å². The number of thioether (sulfide) groups is 1. The van der Waals surface area contributed by atoms with E-state index < -0.39 is 0 Å². The van der Waals surface area contributed by atoms with Crippen molar-refractivity contribution in [2.45, 2.75) is 75.6 Å². The van der Waals surface area contributed by atoms with Gasteiger partial charge in [0.05, 0.1) is 4.91 Å². The van der Waals surface area contributed by atoms with Crippen molar-refractivity contribution in [3.8, 4) is 0 Å². The zero-order valence-corrected chi connectivity index (χ0v) is 20.1. The van der Waals surface area contributed by atoms with Gasteiger partial charge in [-0.15, -0.1) is 11.8 Å². The highest BCUT2D eigenvalue weighted by Gasteiger charge is 2.41. The van der Waals surface area contributed by atoms with Crippen molar-refractivity contribution in [2.24, 2.45) is 0 Å². The molecule has 6 heteroatoms. The minimum atomic E-state index is -0.0275. The lowest BCUT2D eigenvalue weighted by Crippen LogP contribution is -2.54. The number of carbonyl (C=O) groups excluding carboxylic acids is 2. The first-order valence-corrected chi connectivity index (χ1v) is 13.2. The Kier molecular flexibility index (Phi) is 8.31. The van der Waals surface area contributed by atoms with E-state index >= 15 is 0 Å². The third-order valence-electron chi connectivity index (χ3n) is 7.11. The number of nitrogens with one attached hydrogen (secondary N) is 1. The molecular weight excluding hydrogens is 418 g/mol. The molecule has 3 aliphatic rings. The van der Waals surface area contributed by atoms with Crippen LogP contribution in [0.15, 0.2) is 35.2 Å². The van der Waals surface area contributed by atoms with Crippen molar-refractivity contribution in [2.75, 3.05) is 26.2 Å². The summed E-state index contributed by atoms with van der Waals surface area (Å²) in [6.07, 6.45) is 11.3. The third-order valence-corrected chi connectivity index (χ3v) is 8.51. The Bertz CT molecular complexity index is 813. The molecular formula is C26H37N3O2S. The van der Waals surface area contributed by atoms with E-state index in [4.69, 9.17) is 0 Å². The molecule has 2 aliphatic heterocycles. The van der Waals surface area contributed by atoms with Gasteiger partial charge in [-0.3, -0.25) is 9.59 Å². The monoisotopic (exact) mass is 455 g/mol. The number of benzene rings is 1. The SMILES string of the molecule is CC1CCCCN1CCCNC(=O)CN1C(=O)/C(=C/c2ccccc2)SC2CCCCC21. The van der Waals surface area contributed by atoms with Crippen LogP contribution < -0.4 is 5.32 Å². The molecule has 0 bridgehead atoms. The molecule has 1 aliphatic carbocycles. The first-order chi connectivity index (χ1) is 15.6. The van der Waals surface area contributed by atoms with Crippen molar-refractivity contribution in [3.63, 3.8) is 0 Å². The molecule has 0 spiro atoms. The molecule has 4 rings (SSSR count). The molecule has 1 aromatic carbocycles. The van der Waals surface area contributed by atoms with Gasteiger partial charge in [-0.1, -0.05) is 49.6 Å². The van der Waals surface area contributed by atoms with E-state index in [2.05, 4.69) is 17.1 Å². The van der Waals surface area contributed by atoms with E-state index in [9.17, 15) is 9.59 Å². The fourth-order valence-electron chi connectivity index (χ4n) is 5.27. The first kappa shape index (κ1) is 23.4. The maximum atomic E-state index is 13.3. The summed E-state index contributed by atoms with van der Waals surface area (Å²) < 4.78 is 0. The number of nitrogens with zero attached hydrogens (tertiary/aromatic N) is 2. The Morgan fingerprint density at radius 3 is 2.72 bits per heavy atom. The summed E-state index contributed by atoms with van der Waals surface area (Å²) in [4.78, 5) is 31.3. The van der Waals surface area contributed by atoms with Gasteiger partial charge in [0.25, 0.3) is 5.91 Å². The van der Waals surface area contributed by atoms with E-state index in [-0.39, 0.29) is 24.4 Å². The molecule has 5 nitrogen and oxygen atoms in total. The van der Waals surface area contributed by atoms with Gasteiger partial charge < -0.3 is 15.1 Å². The third kappa shape index (κ3) is 5.96. The van der Waals surface area contributed by atoms with Gasteiger partial charge in [0.15, 0.2) is 0 Å². The molecule has 2 amide bonds. The van der Waals surface area contributed by atoms with Crippen LogP contribution in [0.1, 0.15) is 63.9 Å². The molecule has 2 saturated heterocycles. The second kappa shape index (κ2) is 11.4. The van der Waals surface area contributed by atoms with Crippen LogP contribution in [0.5, 0.6) is 0 Å². The molecule has 3 fully saturated rings. The summed E-state index contributed by atoms with van der Waals surface area (Å²) >= 11 is 1.72. The first-order valence-electron chi connectivity index (χ1n) is 12.4. The molecule has 3 unspecified atom stereocenters. The fraction of sp³-hybridized carbons (Fsp3) is 0.615. The lowest BCUT2D eigenvalue weighted by Gasteiger charge is -2.43. The molecule has 0 radical (unpaired) electrons.